The second-order valence-electron chi connectivity index (χ2n) is 5.12. The number of hydrogen-bond acceptors (Lipinski definition) is 3. The molecule has 114 valence electrons. The zero-order valence-corrected chi connectivity index (χ0v) is 12.1. The SMILES string of the molecule is CN(C)CCN(C)C(CN)c1ccccc1C(F)(F)F. The lowest BCUT2D eigenvalue weighted by atomic mass is 9.99. The minimum Gasteiger partial charge on any atom is -0.329 e. The van der Waals surface area contributed by atoms with E-state index in [1.54, 1.807) is 13.1 Å². The number of nitrogens with zero attached hydrogens (tertiary/aromatic N) is 2. The summed E-state index contributed by atoms with van der Waals surface area (Å²) in [5, 5.41) is 0. The van der Waals surface area contributed by atoms with Crippen molar-refractivity contribution < 1.29 is 13.2 Å². The molecular weight excluding hydrogens is 267 g/mol. The zero-order chi connectivity index (χ0) is 15.3. The van der Waals surface area contributed by atoms with E-state index in [-0.39, 0.29) is 12.1 Å². The molecule has 1 unspecified atom stereocenters. The molecule has 1 aromatic rings. The summed E-state index contributed by atoms with van der Waals surface area (Å²) < 4.78 is 39.2. The van der Waals surface area contributed by atoms with Crippen molar-refractivity contribution in [2.24, 2.45) is 5.73 Å². The molecule has 0 bridgehead atoms. The molecule has 6 heteroatoms. The van der Waals surface area contributed by atoms with Crippen LogP contribution in [0.2, 0.25) is 0 Å². The van der Waals surface area contributed by atoms with Gasteiger partial charge in [0.1, 0.15) is 0 Å². The Hall–Kier alpha value is -1.11. The third-order valence-electron chi connectivity index (χ3n) is 3.28. The molecule has 20 heavy (non-hydrogen) atoms. The lowest BCUT2D eigenvalue weighted by molar-refractivity contribution is -0.138. The molecule has 0 heterocycles. The summed E-state index contributed by atoms with van der Waals surface area (Å²) in [5.74, 6) is 0. The first-order chi connectivity index (χ1) is 9.27. The highest BCUT2D eigenvalue weighted by molar-refractivity contribution is 5.32. The van der Waals surface area contributed by atoms with Gasteiger partial charge in [-0.05, 0) is 32.8 Å². The Morgan fingerprint density at radius 2 is 1.70 bits per heavy atom. The van der Waals surface area contributed by atoms with E-state index < -0.39 is 17.8 Å². The van der Waals surface area contributed by atoms with E-state index in [0.717, 1.165) is 12.6 Å². The van der Waals surface area contributed by atoms with Gasteiger partial charge in [-0.25, -0.2) is 0 Å². The first kappa shape index (κ1) is 16.9. The van der Waals surface area contributed by atoms with E-state index in [9.17, 15) is 13.2 Å². The normalized spacial score (nSPS) is 14.1. The minimum absolute atomic E-state index is 0.150. The molecule has 1 aromatic carbocycles. The number of hydrogen-bond donors (Lipinski definition) is 1. The van der Waals surface area contributed by atoms with E-state index in [1.165, 1.54) is 12.1 Å². The molecule has 0 aromatic heterocycles. The standard InChI is InChI=1S/C14H22F3N3/c1-19(2)8-9-20(3)13(10-18)11-6-4-5-7-12(11)14(15,16)17/h4-7,13H,8-10,18H2,1-3H3. The highest BCUT2D eigenvalue weighted by atomic mass is 19.4. The number of benzene rings is 1. The maximum Gasteiger partial charge on any atom is 0.416 e. The van der Waals surface area contributed by atoms with Crippen LogP contribution in [0.5, 0.6) is 0 Å². The van der Waals surface area contributed by atoms with E-state index in [2.05, 4.69) is 0 Å². The average Bonchev–Trinajstić information content (AvgIpc) is 2.36. The molecule has 0 radical (unpaired) electrons. The van der Waals surface area contributed by atoms with E-state index >= 15 is 0 Å². The fourth-order valence-electron chi connectivity index (χ4n) is 2.10. The van der Waals surface area contributed by atoms with Gasteiger partial charge in [0.2, 0.25) is 0 Å². The van der Waals surface area contributed by atoms with Gasteiger partial charge in [0.25, 0.3) is 0 Å². The van der Waals surface area contributed by atoms with Gasteiger partial charge >= 0.3 is 6.18 Å². The molecule has 0 amide bonds. The Balaban J connectivity index is 3.00. The molecule has 0 fully saturated rings. The highest BCUT2D eigenvalue weighted by Crippen LogP contribution is 2.35. The summed E-state index contributed by atoms with van der Waals surface area (Å²) >= 11 is 0. The quantitative estimate of drug-likeness (QED) is 0.871. The maximum absolute atomic E-state index is 13.1. The summed E-state index contributed by atoms with van der Waals surface area (Å²) in [5.41, 5.74) is 5.34. The van der Waals surface area contributed by atoms with Crippen LogP contribution >= 0.6 is 0 Å². The molecule has 1 atom stereocenters. The Kier molecular flexibility index (Phi) is 5.98. The average molecular weight is 289 g/mol. The van der Waals surface area contributed by atoms with Gasteiger partial charge in [-0.15, -0.1) is 0 Å². The third kappa shape index (κ3) is 4.47. The van der Waals surface area contributed by atoms with Crippen LogP contribution in [0.15, 0.2) is 24.3 Å². The van der Waals surface area contributed by atoms with Crippen LogP contribution < -0.4 is 5.73 Å². The highest BCUT2D eigenvalue weighted by Gasteiger charge is 2.35. The molecule has 1 rings (SSSR count). The Bertz CT molecular complexity index is 418. The van der Waals surface area contributed by atoms with Crippen molar-refractivity contribution in [3.8, 4) is 0 Å². The third-order valence-corrected chi connectivity index (χ3v) is 3.28. The van der Waals surface area contributed by atoms with Gasteiger partial charge < -0.3 is 10.6 Å². The summed E-state index contributed by atoms with van der Waals surface area (Å²) in [6.45, 7) is 1.57. The van der Waals surface area contributed by atoms with Gasteiger partial charge in [-0.3, -0.25) is 4.90 Å². The minimum atomic E-state index is -4.35. The van der Waals surface area contributed by atoms with Crippen molar-refractivity contribution in [1.29, 1.82) is 0 Å². The van der Waals surface area contributed by atoms with Crippen LogP contribution in [0.1, 0.15) is 17.2 Å². The molecule has 0 saturated carbocycles. The molecule has 2 N–H and O–H groups in total. The van der Waals surface area contributed by atoms with Crippen molar-refractivity contribution in [1.82, 2.24) is 9.80 Å². The number of alkyl halides is 3. The Morgan fingerprint density at radius 1 is 1.10 bits per heavy atom. The number of likely N-dealkylation sites (N-methyl/N-ethyl adjacent to an activating group) is 2. The number of nitrogens with two attached hydrogens (primary N) is 1. The summed E-state index contributed by atoms with van der Waals surface area (Å²) in [6, 6.07) is 5.20. The second kappa shape index (κ2) is 7.06. The van der Waals surface area contributed by atoms with Crippen molar-refractivity contribution in [3.63, 3.8) is 0 Å². The Morgan fingerprint density at radius 3 is 2.20 bits per heavy atom. The van der Waals surface area contributed by atoms with Crippen molar-refractivity contribution in [2.45, 2.75) is 12.2 Å². The lowest BCUT2D eigenvalue weighted by Crippen LogP contribution is -2.36. The summed E-state index contributed by atoms with van der Waals surface area (Å²) in [4.78, 5) is 3.85. The van der Waals surface area contributed by atoms with Crippen LogP contribution in [0, 0.1) is 0 Å². The van der Waals surface area contributed by atoms with Gasteiger partial charge in [0.05, 0.1) is 5.56 Å². The number of halogens is 3. The van der Waals surface area contributed by atoms with Crippen molar-refractivity contribution in [2.75, 3.05) is 40.8 Å². The van der Waals surface area contributed by atoms with Crippen molar-refractivity contribution in [3.05, 3.63) is 35.4 Å². The topological polar surface area (TPSA) is 32.5 Å². The predicted molar refractivity (Wildman–Crippen MR) is 74.4 cm³/mol. The summed E-state index contributed by atoms with van der Waals surface area (Å²) in [7, 11) is 5.65. The van der Waals surface area contributed by atoms with Crippen LogP contribution in [-0.2, 0) is 6.18 Å². The van der Waals surface area contributed by atoms with Crippen LogP contribution in [0.25, 0.3) is 0 Å². The molecule has 0 aliphatic carbocycles. The van der Waals surface area contributed by atoms with E-state index in [0.29, 0.717) is 6.54 Å². The molecule has 0 spiro atoms. The summed E-state index contributed by atoms with van der Waals surface area (Å²) in [6.07, 6.45) is -4.35. The van der Waals surface area contributed by atoms with Crippen LogP contribution in [0.4, 0.5) is 13.2 Å². The van der Waals surface area contributed by atoms with Gasteiger partial charge in [0.15, 0.2) is 0 Å². The fourth-order valence-corrected chi connectivity index (χ4v) is 2.10. The van der Waals surface area contributed by atoms with Crippen LogP contribution in [0.3, 0.4) is 0 Å². The fraction of sp³-hybridized carbons (Fsp3) is 0.571. The molecule has 0 aliphatic heterocycles. The van der Waals surface area contributed by atoms with Gasteiger partial charge in [0, 0.05) is 25.7 Å². The Labute approximate surface area is 118 Å². The zero-order valence-electron chi connectivity index (χ0n) is 12.1. The van der Waals surface area contributed by atoms with Gasteiger partial charge in [-0.2, -0.15) is 13.2 Å². The smallest absolute Gasteiger partial charge is 0.329 e. The lowest BCUT2D eigenvalue weighted by Gasteiger charge is -2.30. The molecular formula is C14H22F3N3. The predicted octanol–water partition coefficient (Wildman–Crippen LogP) is 2.20. The van der Waals surface area contributed by atoms with E-state index in [1.807, 2.05) is 23.9 Å². The maximum atomic E-state index is 13.1. The second-order valence-corrected chi connectivity index (χ2v) is 5.12. The molecule has 0 aliphatic rings. The molecule has 0 saturated heterocycles. The monoisotopic (exact) mass is 289 g/mol. The van der Waals surface area contributed by atoms with Crippen molar-refractivity contribution >= 4 is 0 Å². The largest absolute Gasteiger partial charge is 0.416 e. The van der Waals surface area contributed by atoms with Crippen LogP contribution in [-0.4, -0.2) is 50.6 Å². The number of rotatable bonds is 6. The molecule has 3 nitrogen and oxygen atoms in total. The first-order valence-electron chi connectivity index (χ1n) is 6.48. The van der Waals surface area contributed by atoms with Gasteiger partial charge in [-0.1, -0.05) is 18.2 Å². The first-order valence-corrected chi connectivity index (χ1v) is 6.48. The van der Waals surface area contributed by atoms with E-state index in [4.69, 9.17) is 5.73 Å².